The van der Waals surface area contributed by atoms with Crippen LogP contribution in [-0.2, 0) is 53.9 Å². The number of hydrogen-bond donors (Lipinski definition) is 0. The number of aryl methyl sites for hydroxylation is 3. The standard InChI is InChI=1S/C44H43N3O2S.Pt/c1-25-12-15-37-36(17-25)34-11-10-16-45-41(34)47(37)31-21-30(44(7,8)9)22-32(23-31)50(48)39-24-35(26(2)18-27(39)3)42-46-40-33-14-13-29(43(4,5)6)19-28(33)20-38(40)49-42;/h10-19,21-22,38,40H,20H2,1-9H3;/q-2;+2/t38-,40+,50?;/m0./s1. The van der Waals surface area contributed by atoms with E-state index in [-0.39, 0.29) is 44.0 Å². The summed E-state index contributed by atoms with van der Waals surface area (Å²) in [5, 5.41) is 2.22. The maximum Gasteiger partial charge on any atom is 2.00 e. The molecule has 1 unspecified atom stereocenters. The maximum absolute atomic E-state index is 14.7. The molecule has 1 aliphatic heterocycles. The van der Waals surface area contributed by atoms with Crippen molar-refractivity contribution < 1.29 is 30.0 Å². The Morgan fingerprint density at radius 3 is 2.35 bits per heavy atom. The zero-order valence-electron chi connectivity index (χ0n) is 30.7. The molecule has 1 aliphatic carbocycles. The van der Waals surface area contributed by atoms with Crippen LogP contribution in [0.2, 0.25) is 0 Å². The van der Waals surface area contributed by atoms with Crippen LogP contribution >= 0.6 is 0 Å². The molecule has 51 heavy (non-hydrogen) atoms. The molecule has 8 rings (SSSR count). The van der Waals surface area contributed by atoms with Crippen LogP contribution in [0.3, 0.4) is 0 Å². The molecule has 2 aliphatic rings. The van der Waals surface area contributed by atoms with Crippen molar-refractivity contribution in [1.29, 1.82) is 0 Å². The summed E-state index contributed by atoms with van der Waals surface area (Å²) in [5.74, 6) is 0.584. The van der Waals surface area contributed by atoms with Gasteiger partial charge in [0.2, 0.25) is 0 Å². The van der Waals surface area contributed by atoms with Gasteiger partial charge in [-0.05, 0) is 63.6 Å². The predicted molar refractivity (Wildman–Crippen MR) is 203 cm³/mol. The van der Waals surface area contributed by atoms with Crippen molar-refractivity contribution in [2.24, 2.45) is 4.99 Å². The van der Waals surface area contributed by atoms with Crippen molar-refractivity contribution >= 4 is 38.6 Å². The Bertz CT molecular complexity index is 2430. The second kappa shape index (κ2) is 12.7. The molecule has 4 aromatic carbocycles. The summed E-state index contributed by atoms with van der Waals surface area (Å²) in [5.41, 5.74) is 11.4. The fraction of sp³-hybridized carbons (Fsp3) is 0.318. The molecule has 0 bridgehead atoms. The van der Waals surface area contributed by atoms with Crippen molar-refractivity contribution in [3.63, 3.8) is 0 Å². The summed E-state index contributed by atoms with van der Waals surface area (Å²) < 4.78 is 23.5. The van der Waals surface area contributed by atoms with Gasteiger partial charge in [0.15, 0.2) is 0 Å². The second-order valence-electron chi connectivity index (χ2n) is 16.1. The molecule has 0 saturated heterocycles. The molecule has 262 valence electrons. The molecule has 5 nitrogen and oxygen atoms in total. The van der Waals surface area contributed by atoms with E-state index in [0.29, 0.717) is 15.7 Å². The average Bonchev–Trinajstić information content (AvgIpc) is 3.72. The van der Waals surface area contributed by atoms with Gasteiger partial charge in [0.25, 0.3) is 0 Å². The molecule has 0 saturated carbocycles. The molecule has 3 heterocycles. The summed E-state index contributed by atoms with van der Waals surface area (Å²) in [6.07, 6.45) is 2.61. The number of pyridine rings is 1. The van der Waals surface area contributed by atoms with Crippen LogP contribution in [0, 0.1) is 32.9 Å². The number of fused-ring (bicyclic) bond motifs is 6. The number of aliphatic imine (C=N–C) groups is 1. The zero-order valence-corrected chi connectivity index (χ0v) is 33.8. The van der Waals surface area contributed by atoms with Crippen molar-refractivity contribution in [2.75, 3.05) is 0 Å². The third-order valence-corrected chi connectivity index (χ3v) is 11.7. The van der Waals surface area contributed by atoms with Crippen molar-refractivity contribution in [2.45, 2.75) is 102 Å². The maximum atomic E-state index is 14.7. The van der Waals surface area contributed by atoms with E-state index < -0.39 is 10.8 Å². The molecule has 2 aromatic heterocycles. The first kappa shape index (κ1) is 35.5. The van der Waals surface area contributed by atoms with Gasteiger partial charge in [-0.15, -0.1) is 41.0 Å². The van der Waals surface area contributed by atoms with E-state index in [4.69, 9.17) is 14.7 Å². The van der Waals surface area contributed by atoms with Gasteiger partial charge in [-0.1, -0.05) is 101 Å². The Kier molecular flexibility index (Phi) is 8.83. The Balaban J connectivity index is 0.00000406. The first-order valence-electron chi connectivity index (χ1n) is 17.4. The third-order valence-electron chi connectivity index (χ3n) is 10.3. The molecule has 0 N–H and O–H groups in total. The first-order valence-corrected chi connectivity index (χ1v) is 18.6. The number of nitrogens with zero attached hydrogens (tertiary/aromatic N) is 3. The third kappa shape index (κ3) is 6.13. The normalized spacial score (nSPS) is 17.5. The minimum absolute atomic E-state index is 0. The summed E-state index contributed by atoms with van der Waals surface area (Å²) >= 11 is 0. The van der Waals surface area contributed by atoms with E-state index in [1.165, 1.54) is 22.3 Å². The molecule has 7 heteroatoms. The van der Waals surface area contributed by atoms with Crippen molar-refractivity contribution in [1.82, 2.24) is 9.55 Å². The van der Waals surface area contributed by atoms with Crippen molar-refractivity contribution in [3.05, 3.63) is 130 Å². The fourth-order valence-corrected chi connectivity index (χ4v) is 8.63. The molecule has 0 amide bonds. The minimum atomic E-state index is -1.57. The number of rotatable bonds is 4. The molecular formula is C44H43N3O2PtS. The fourth-order valence-electron chi connectivity index (χ4n) is 7.43. The van der Waals surface area contributed by atoms with Crippen LogP contribution in [0.5, 0.6) is 0 Å². The van der Waals surface area contributed by atoms with Crippen LogP contribution in [0.15, 0.2) is 87.7 Å². The molecule has 6 aromatic rings. The van der Waals surface area contributed by atoms with Crippen molar-refractivity contribution in [3.8, 4) is 5.69 Å². The number of benzene rings is 4. The first-order chi connectivity index (χ1) is 23.7. The van der Waals surface area contributed by atoms with Crippen LogP contribution in [0.1, 0.15) is 92.1 Å². The molecule has 0 fully saturated rings. The van der Waals surface area contributed by atoms with Gasteiger partial charge in [0, 0.05) is 34.2 Å². The van der Waals surface area contributed by atoms with Gasteiger partial charge in [0.05, 0.1) is 5.52 Å². The molecule has 3 atom stereocenters. The molecule has 0 spiro atoms. The Hall–Kier alpha value is -3.86. The van der Waals surface area contributed by atoms with E-state index in [0.717, 1.165) is 56.3 Å². The number of hydrogen-bond acceptors (Lipinski definition) is 4. The van der Waals surface area contributed by atoms with Crippen LogP contribution in [0.25, 0.3) is 27.6 Å². The summed E-state index contributed by atoms with van der Waals surface area (Å²) in [4.78, 5) is 11.2. The van der Waals surface area contributed by atoms with E-state index in [1.54, 1.807) is 0 Å². The summed E-state index contributed by atoms with van der Waals surface area (Å²) in [6, 6.07) is 30.7. The van der Waals surface area contributed by atoms with E-state index in [9.17, 15) is 4.21 Å². The SMILES string of the molecule is Cc1ccc2c(c1)c1cccnc1n2-c1[c-]c(S(=O)c2[c-]c(C3=N[C@@H]4c5ccc(C(C)(C)C)cc5C[C@@H]4O3)c(C)cc2C)cc(C(C)(C)C)c1.[Pt+2]. The number of aromatic nitrogens is 2. The molecule has 0 radical (unpaired) electrons. The smallest absolute Gasteiger partial charge is 0.514 e. The Morgan fingerprint density at radius 1 is 0.843 bits per heavy atom. The van der Waals surface area contributed by atoms with Gasteiger partial charge in [0.1, 0.15) is 23.7 Å². The largest absolute Gasteiger partial charge is 2.00 e. The topological polar surface area (TPSA) is 56.5 Å². The van der Waals surface area contributed by atoms with Crippen LogP contribution in [-0.4, -0.2) is 25.8 Å². The van der Waals surface area contributed by atoms with Gasteiger partial charge >= 0.3 is 21.1 Å². The average molecular weight is 873 g/mol. The van der Waals surface area contributed by atoms with Gasteiger partial charge in [-0.2, -0.15) is 6.07 Å². The predicted octanol–water partition coefficient (Wildman–Crippen LogP) is 9.91. The van der Waals surface area contributed by atoms with Gasteiger partial charge in [-0.25, -0.2) is 4.98 Å². The summed E-state index contributed by atoms with van der Waals surface area (Å²) in [7, 11) is -1.57. The monoisotopic (exact) mass is 872 g/mol. The van der Waals surface area contributed by atoms with E-state index in [2.05, 4.69) is 127 Å². The van der Waals surface area contributed by atoms with E-state index >= 15 is 0 Å². The Labute approximate surface area is 318 Å². The second-order valence-corrected chi connectivity index (χ2v) is 17.5. The minimum Gasteiger partial charge on any atom is -0.514 e. The van der Waals surface area contributed by atoms with Crippen LogP contribution in [0.4, 0.5) is 0 Å². The van der Waals surface area contributed by atoms with Gasteiger partial charge < -0.3 is 9.30 Å². The van der Waals surface area contributed by atoms with E-state index in [1.807, 2.05) is 25.3 Å². The molecular weight excluding hydrogens is 830 g/mol. The van der Waals surface area contributed by atoms with Crippen LogP contribution < -0.4 is 0 Å². The quantitative estimate of drug-likeness (QED) is 0.166. The number of ether oxygens (including phenoxy) is 1. The Morgan fingerprint density at radius 2 is 1.61 bits per heavy atom. The zero-order chi connectivity index (χ0) is 35.3. The summed E-state index contributed by atoms with van der Waals surface area (Å²) in [6.45, 7) is 19.4. The van der Waals surface area contributed by atoms with Gasteiger partial charge in [-0.3, -0.25) is 9.20 Å².